The number of ether oxygens (including phenoxy) is 2. The second kappa shape index (κ2) is 10.5. The van der Waals surface area contributed by atoms with Crippen molar-refractivity contribution in [1.29, 1.82) is 0 Å². The molecule has 2 amide bonds. The maximum atomic E-state index is 13.0. The summed E-state index contributed by atoms with van der Waals surface area (Å²) in [4.78, 5) is 52.5. The van der Waals surface area contributed by atoms with Crippen LogP contribution in [0.15, 0.2) is 91.0 Å². The van der Waals surface area contributed by atoms with Gasteiger partial charge in [0.15, 0.2) is 6.61 Å². The van der Waals surface area contributed by atoms with E-state index >= 15 is 0 Å². The maximum Gasteiger partial charge on any atom is 0.338 e. The average molecular weight is 550 g/mol. The molecule has 4 aromatic carbocycles. The number of anilines is 1. The number of aromatic nitrogens is 2. The third kappa shape index (κ3) is 4.72. The Morgan fingerprint density at radius 1 is 0.775 bits per heavy atom. The van der Waals surface area contributed by atoms with Gasteiger partial charge in [0.2, 0.25) is 5.78 Å². The van der Waals surface area contributed by atoms with Crippen LogP contribution in [-0.2, 0) is 11.3 Å². The molecule has 0 N–H and O–H groups in total. The van der Waals surface area contributed by atoms with Crippen molar-refractivity contribution in [3.05, 3.63) is 119 Å². The first kappa shape index (κ1) is 25.1. The minimum Gasteiger partial charge on any atom is -0.489 e. The number of imide groups is 1. The first-order valence-electron chi connectivity index (χ1n) is 12.2. The molecule has 0 saturated heterocycles. The summed E-state index contributed by atoms with van der Waals surface area (Å²) < 4.78 is 19.5. The monoisotopic (exact) mass is 549 g/mol. The molecule has 40 heavy (non-hydrogen) atoms. The highest BCUT2D eigenvalue weighted by molar-refractivity contribution is 7.00. The Morgan fingerprint density at radius 2 is 1.45 bits per heavy atom. The van der Waals surface area contributed by atoms with Crippen LogP contribution in [0.3, 0.4) is 0 Å². The van der Waals surface area contributed by atoms with Crippen LogP contribution in [-0.4, -0.2) is 38.9 Å². The summed E-state index contributed by atoms with van der Waals surface area (Å²) in [5.74, 6) is -1.71. The second-order valence-electron chi connectivity index (χ2n) is 8.91. The quantitative estimate of drug-likeness (QED) is 0.149. The molecule has 0 radical (unpaired) electrons. The predicted molar refractivity (Wildman–Crippen MR) is 147 cm³/mol. The van der Waals surface area contributed by atoms with Crippen molar-refractivity contribution in [2.24, 2.45) is 0 Å². The molecule has 0 saturated carbocycles. The summed E-state index contributed by atoms with van der Waals surface area (Å²) >= 11 is 1.15. The van der Waals surface area contributed by atoms with Crippen molar-refractivity contribution in [2.75, 3.05) is 11.5 Å². The Kier molecular flexibility index (Phi) is 6.59. The van der Waals surface area contributed by atoms with E-state index in [1.165, 1.54) is 12.1 Å². The molecule has 0 fully saturated rings. The van der Waals surface area contributed by atoms with E-state index in [9.17, 15) is 19.2 Å². The molecule has 0 atom stereocenters. The van der Waals surface area contributed by atoms with Gasteiger partial charge in [-0.3, -0.25) is 14.4 Å². The highest BCUT2D eigenvalue weighted by Crippen LogP contribution is 2.31. The third-order valence-corrected chi connectivity index (χ3v) is 6.94. The molecule has 0 bridgehead atoms. The van der Waals surface area contributed by atoms with E-state index in [0.29, 0.717) is 12.4 Å². The minimum absolute atomic E-state index is 0.0974. The van der Waals surface area contributed by atoms with Crippen LogP contribution in [0.2, 0.25) is 0 Å². The molecule has 0 aliphatic carbocycles. The first-order chi connectivity index (χ1) is 19.5. The first-order valence-corrected chi connectivity index (χ1v) is 12.9. The Hall–Kier alpha value is -5.22. The Labute approximate surface area is 231 Å². The van der Waals surface area contributed by atoms with Crippen molar-refractivity contribution in [3.63, 3.8) is 0 Å². The number of carbonyl (C=O) groups excluding carboxylic acids is 4. The normalized spacial score (nSPS) is 12.4. The number of amides is 2. The molecule has 2 heterocycles. The lowest BCUT2D eigenvalue weighted by Crippen LogP contribution is -2.31. The van der Waals surface area contributed by atoms with Gasteiger partial charge < -0.3 is 9.47 Å². The van der Waals surface area contributed by atoms with Crippen molar-refractivity contribution in [3.8, 4) is 5.75 Å². The number of hydrogen-bond acceptors (Lipinski definition) is 9. The van der Waals surface area contributed by atoms with Gasteiger partial charge in [-0.2, -0.15) is 8.75 Å². The summed E-state index contributed by atoms with van der Waals surface area (Å²) in [5.41, 5.74) is 3.60. The zero-order valence-electron chi connectivity index (χ0n) is 20.8. The fourth-order valence-corrected chi connectivity index (χ4v) is 4.89. The largest absolute Gasteiger partial charge is 0.489 e. The summed E-state index contributed by atoms with van der Waals surface area (Å²) in [6, 6.07) is 24.8. The number of nitrogens with zero attached hydrogens (tertiary/aromatic N) is 3. The van der Waals surface area contributed by atoms with E-state index < -0.39 is 30.2 Å². The molecule has 10 heteroatoms. The maximum absolute atomic E-state index is 13.0. The van der Waals surface area contributed by atoms with Gasteiger partial charge in [0.1, 0.15) is 23.4 Å². The van der Waals surface area contributed by atoms with E-state index in [-0.39, 0.29) is 27.9 Å². The number of rotatable bonds is 8. The topological polar surface area (TPSA) is 116 Å². The SMILES string of the molecule is O=C(OCC(=O)c1ccccc1N1C(=O)c2ccccc2C1=O)c1ccc(OCc2ccc3nsnc3c2)cc1. The molecule has 0 spiro atoms. The van der Waals surface area contributed by atoms with E-state index in [1.54, 1.807) is 60.7 Å². The van der Waals surface area contributed by atoms with Crippen LogP contribution in [0, 0.1) is 0 Å². The van der Waals surface area contributed by atoms with Crippen LogP contribution in [0.5, 0.6) is 5.75 Å². The zero-order chi connectivity index (χ0) is 27.6. The summed E-state index contributed by atoms with van der Waals surface area (Å²) in [5, 5.41) is 0. The van der Waals surface area contributed by atoms with Gasteiger partial charge in [0.25, 0.3) is 11.8 Å². The van der Waals surface area contributed by atoms with Gasteiger partial charge in [-0.05, 0) is 66.2 Å². The van der Waals surface area contributed by atoms with Gasteiger partial charge >= 0.3 is 5.97 Å². The smallest absolute Gasteiger partial charge is 0.338 e. The molecular weight excluding hydrogens is 530 g/mol. The van der Waals surface area contributed by atoms with Crippen LogP contribution < -0.4 is 9.64 Å². The van der Waals surface area contributed by atoms with Crippen LogP contribution in [0.1, 0.15) is 47.0 Å². The number of benzene rings is 4. The van der Waals surface area contributed by atoms with Crippen LogP contribution in [0.4, 0.5) is 5.69 Å². The van der Waals surface area contributed by atoms with Gasteiger partial charge in [0, 0.05) is 5.56 Å². The van der Waals surface area contributed by atoms with Gasteiger partial charge in [-0.1, -0.05) is 30.3 Å². The lowest BCUT2D eigenvalue weighted by atomic mass is 10.1. The van der Waals surface area contributed by atoms with Crippen LogP contribution in [0.25, 0.3) is 11.0 Å². The molecular formula is C30H19N3O6S. The number of carbonyl (C=O) groups is 4. The molecule has 1 aliphatic heterocycles. The second-order valence-corrected chi connectivity index (χ2v) is 9.44. The fourth-order valence-electron chi connectivity index (χ4n) is 4.38. The van der Waals surface area contributed by atoms with Gasteiger partial charge in [-0.25, -0.2) is 9.69 Å². The van der Waals surface area contributed by atoms with E-state index in [1.807, 2.05) is 18.2 Å². The molecule has 6 rings (SSSR count). The molecule has 1 aliphatic rings. The van der Waals surface area contributed by atoms with E-state index in [4.69, 9.17) is 9.47 Å². The number of fused-ring (bicyclic) bond motifs is 2. The predicted octanol–water partition coefficient (Wildman–Crippen LogP) is 5.11. The Balaban J connectivity index is 1.09. The lowest BCUT2D eigenvalue weighted by molar-refractivity contribution is 0.0474. The lowest BCUT2D eigenvalue weighted by Gasteiger charge is -2.17. The van der Waals surface area contributed by atoms with Crippen molar-refractivity contribution in [1.82, 2.24) is 8.75 Å². The zero-order valence-corrected chi connectivity index (χ0v) is 21.6. The number of para-hydroxylation sites is 1. The number of hydrogen-bond donors (Lipinski definition) is 0. The highest BCUT2D eigenvalue weighted by Gasteiger charge is 2.38. The highest BCUT2D eigenvalue weighted by atomic mass is 32.1. The summed E-state index contributed by atoms with van der Waals surface area (Å²) in [6.45, 7) is -0.247. The molecule has 5 aromatic rings. The minimum atomic E-state index is -0.695. The summed E-state index contributed by atoms with van der Waals surface area (Å²) in [6.07, 6.45) is 0. The Bertz CT molecular complexity index is 1760. The number of esters is 1. The number of ketones is 1. The van der Waals surface area contributed by atoms with Crippen LogP contribution >= 0.6 is 11.7 Å². The Morgan fingerprint density at radius 3 is 2.20 bits per heavy atom. The van der Waals surface area contributed by atoms with Crippen molar-refractivity contribution in [2.45, 2.75) is 6.61 Å². The third-order valence-electron chi connectivity index (χ3n) is 6.39. The molecule has 1 aromatic heterocycles. The fraction of sp³-hybridized carbons (Fsp3) is 0.0667. The van der Waals surface area contributed by atoms with Crippen molar-refractivity contribution >= 4 is 52.0 Å². The molecule has 0 unspecified atom stereocenters. The molecule has 9 nitrogen and oxygen atoms in total. The standard InChI is InChI=1S/C30H19N3O6S/c34-27(23-7-3-4-8-26(23)33-28(35)21-5-1-2-6-22(21)29(33)36)17-39-30(37)19-10-12-20(13-11-19)38-16-18-9-14-24-25(15-18)32-40-31-24/h1-15H,16-17H2. The van der Waals surface area contributed by atoms with Gasteiger partial charge in [-0.15, -0.1) is 0 Å². The summed E-state index contributed by atoms with van der Waals surface area (Å²) in [7, 11) is 0. The molecule has 196 valence electrons. The van der Waals surface area contributed by atoms with E-state index in [2.05, 4.69) is 8.75 Å². The number of Topliss-reactive ketones (excluding diaryl/α,β-unsaturated/α-hetero) is 1. The average Bonchev–Trinajstić information content (AvgIpc) is 3.56. The van der Waals surface area contributed by atoms with Gasteiger partial charge in [0.05, 0.1) is 34.1 Å². The van der Waals surface area contributed by atoms with Crippen molar-refractivity contribution < 1.29 is 28.7 Å². The van der Waals surface area contributed by atoms with E-state index in [0.717, 1.165) is 33.2 Å².